The fourth-order valence-corrected chi connectivity index (χ4v) is 2.14. The lowest BCUT2D eigenvalue weighted by molar-refractivity contribution is -0.126. The van der Waals surface area contributed by atoms with Crippen LogP contribution in [0, 0.1) is 0 Å². The number of para-hydroxylation sites is 1. The molecule has 1 aliphatic rings. The first-order valence-electron chi connectivity index (χ1n) is 5.40. The zero-order valence-corrected chi connectivity index (χ0v) is 9.75. The summed E-state index contributed by atoms with van der Waals surface area (Å²) >= 11 is 0. The number of nitrogens with zero attached hydrogens (tertiary/aromatic N) is 2. The number of hydrogen-bond acceptors (Lipinski definition) is 3. The van der Waals surface area contributed by atoms with Gasteiger partial charge in [0.1, 0.15) is 0 Å². The first-order valence-corrected chi connectivity index (χ1v) is 5.40. The highest BCUT2D eigenvalue weighted by atomic mass is 16.4. The Bertz CT molecular complexity index is 473. The molecule has 90 valence electrons. The predicted octanol–water partition coefficient (Wildman–Crippen LogP) is 1.36. The molecule has 5 nitrogen and oxygen atoms in total. The maximum absolute atomic E-state index is 11.6. The van der Waals surface area contributed by atoms with E-state index in [4.69, 9.17) is 5.11 Å². The highest BCUT2D eigenvalue weighted by Crippen LogP contribution is 2.29. The van der Waals surface area contributed by atoms with Crippen molar-refractivity contribution >= 4 is 17.6 Å². The Hall–Kier alpha value is -2.04. The van der Waals surface area contributed by atoms with Gasteiger partial charge in [0.15, 0.2) is 0 Å². The van der Waals surface area contributed by atoms with E-state index < -0.39 is 5.97 Å². The van der Waals surface area contributed by atoms with E-state index in [1.165, 1.54) is 5.01 Å². The molecule has 1 unspecified atom stereocenters. The van der Waals surface area contributed by atoms with Gasteiger partial charge in [-0.05, 0) is 19.1 Å². The zero-order chi connectivity index (χ0) is 12.6. The van der Waals surface area contributed by atoms with Gasteiger partial charge in [-0.15, -0.1) is 0 Å². The lowest BCUT2D eigenvalue weighted by Gasteiger charge is -2.30. The number of carboxylic acid groups (broad SMARTS) is 1. The average Bonchev–Trinajstić information content (AvgIpc) is 2.53. The number of carboxylic acids is 1. The smallest absolute Gasteiger partial charge is 0.337 e. The summed E-state index contributed by atoms with van der Waals surface area (Å²) in [7, 11) is 1.66. The van der Waals surface area contributed by atoms with Crippen LogP contribution >= 0.6 is 0 Å². The van der Waals surface area contributed by atoms with Gasteiger partial charge in [0.25, 0.3) is 0 Å². The number of carbonyl (C=O) groups is 2. The van der Waals surface area contributed by atoms with Gasteiger partial charge >= 0.3 is 5.97 Å². The topological polar surface area (TPSA) is 60.9 Å². The van der Waals surface area contributed by atoms with E-state index in [-0.39, 0.29) is 17.5 Å². The van der Waals surface area contributed by atoms with Gasteiger partial charge in [0.2, 0.25) is 5.91 Å². The minimum atomic E-state index is -0.986. The molecule has 5 heteroatoms. The maximum atomic E-state index is 11.6. The van der Waals surface area contributed by atoms with Crippen molar-refractivity contribution in [3.63, 3.8) is 0 Å². The van der Waals surface area contributed by atoms with E-state index in [1.807, 2.05) is 6.92 Å². The van der Waals surface area contributed by atoms with Gasteiger partial charge < -0.3 is 5.11 Å². The molecule has 1 aliphatic heterocycles. The van der Waals surface area contributed by atoms with Crippen molar-refractivity contribution in [1.29, 1.82) is 0 Å². The number of anilines is 1. The first-order chi connectivity index (χ1) is 8.02. The van der Waals surface area contributed by atoms with Crippen molar-refractivity contribution in [3.8, 4) is 0 Å². The normalized spacial score (nSPS) is 19.9. The largest absolute Gasteiger partial charge is 0.478 e. The SMILES string of the molecule is CC1CC(=O)N(C)N1c1ccccc1C(=O)O. The number of hydrogen-bond donors (Lipinski definition) is 1. The number of aromatic carboxylic acids is 1. The van der Waals surface area contributed by atoms with E-state index in [0.717, 1.165) is 0 Å². The van der Waals surface area contributed by atoms with E-state index in [2.05, 4.69) is 0 Å². The van der Waals surface area contributed by atoms with Crippen LogP contribution in [0.1, 0.15) is 23.7 Å². The van der Waals surface area contributed by atoms with Crippen LogP contribution in [-0.2, 0) is 4.79 Å². The Morgan fingerprint density at radius 1 is 1.41 bits per heavy atom. The summed E-state index contributed by atoms with van der Waals surface area (Å²) in [6, 6.07) is 6.68. The number of amides is 1. The van der Waals surface area contributed by atoms with Crippen LogP contribution in [0.5, 0.6) is 0 Å². The lowest BCUT2D eigenvalue weighted by atomic mass is 10.1. The molecule has 1 saturated heterocycles. The summed E-state index contributed by atoms with van der Waals surface area (Å²) in [6.45, 7) is 1.90. The summed E-state index contributed by atoms with van der Waals surface area (Å²) in [5.74, 6) is -0.988. The summed E-state index contributed by atoms with van der Waals surface area (Å²) in [5.41, 5.74) is 0.766. The van der Waals surface area contributed by atoms with Crippen molar-refractivity contribution in [3.05, 3.63) is 29.8 Å². The predicted molar refractivity (Wildman–Crippen MR) is 62.7 cm³/mol. The van der Waals surface area contributed by atoms with Crippen molar-refractivity contribution in [2.24, 2.45) is 0 Å². The molecule has 0 spiro atoms. The molecular formula is C12H14N2O3. The molecule has 1 aromatic rings. The fraction of sp³-hybridized carbons (Fsp3) is 0.333. The Labute approximate surface area is 99.2 Å². The number of hydrazine groups is 1. The molecule has 1 atom stereocenters. The zero-order valence-electron chi connectivity index (χ0n) is 9.75. The van der Waals surface area contributed by atoms with Crippen LogP contribution in [0.4, 0.5) is 5.69 Å². The van der Waals surface area contributed by atoms with Crippen molar-refractivity contribution in [2.75, 3.05) is 12.1 Å². The first kappa shape index (κ1) is 11.4. The fourth-order valence-electron chi connectivity index (χ4n) is 2.14. The molecular weight excluding hydrogens is 220 g/mol. The third kappa shape index (κ3) is 1.84. The molecule has 1 N–H and O–H groups in total. The van der Waals surface area contributed by atoms with E-state index in [9.17, 15) is 9.59 Å². The van der Waals surface area contributed by atoms with Crippen molar-refractivity contribution < 1.29 is 14.7 Å². The van der Waals surface area contributed by atoms with Crippen LogP contribution in [-0.4, -0.2) is 35.1 Å². The number of carbonyl (C=O) groups excluding carboxylic acids is 1. The van der Waals surface area contributed by atoms with Crippen molar-refractivity contribution in [1.82, 2.24) is 5.01 Å². The molecule has 0 bridgehead atoms. The second-order valence-electron chi connectivity index (χ2n) is 4.14. The van der Waals surface area contributed by atoms with Crippen LogP contribution in [0.2, 0.25) is 0 Å². The summed E-state index contributed by atoms with van der Waals surface area (Å²) in [5, 5.41) is 12.3. The van der Waals surface area contributed by atoms with Gasteiger partial charge in [0, 0.05) is 7.05 Å². The second-order valence-corrected chi connectivity index (χ2v) is 4.14. The summed E-state index contributed by atoms with van der Waals surface area (Å²) in [4.78, 5) is 22.7. The minimum Gasteiger partial charge on any atom is -0.478 e. The summed E-state index contributed by atoms with van der Waals surface area (Å²) in [6.07, 6.45) is 0.407. The van der Waals surface area contributed by atoms with E-state index in [0.29, 0.717) is 12.1 Å². The third-order valence-corrected chi connectivity index (χ3v) is 2.95. The molecule has 1 amide bonds. The van der Waals surface area contributed by atoms with Crippen LogP contribution in [0.3, 0.4) is 0 Å². The molecule has 2 rings (SSSR count). The molecule has 0 aromatic heterocycles. The molecule has 0 radical (unpaired) electrons. The highest BCUT2D eigenvalue weighted by Gasteiger charge is 2.34. The van der Waals surface area contributed by atoms with Crippen LogP contribution in [0.25, 0.3) is 0 Å². The Morgan fingerprint density at radius 2 is 2.06 bits per heavy atom. The minimum absolute atomic E-state index is 0.00214. The standard InChI is InChI=1S/C12H14N2O3/c1-8-7-11(15)13(2)14(8)10-6-4-3-5-9(10)12(16)17/h3-6,8H,7H2,1-2H3,(H,16,17). The quantitative estimate of drug-likeness (QED) is 0.839. The Balaban J connectivity index is 2.47. The van der Waals surface area contributed by atoms with Gasteiger partial charge in [-0.1, -0.05) is 12.1 Å². The monoisotopic (exact) mass is 234 g/mol. The van der Waals surface area contributed by atoms with Gasteiger partial charge in [0.05, 0.1) is 23.7 Å². The van der Waals surface area contributed by atoms with Gasteiger partial charge in [-0.2, -0.15) is 0 Å². The van der Waals surface area contributed by atoms with E-state index in [1.54, 1.807) is 36.3 Å². The summed E-state index contributed by atoms with van der Waals surface area (Å²) < 4.78 is 0. The third-order valence-electron chi connectivity index (χ3n) is 2.95. The molecule has 1 aromatic carbocycles. The molecule has 1 heterocycles. The highest BCUT2D eigenvalue weighted by molar-refractivity contribution is 5.95. The Morgan fingerprint density at radius 3 is 2.59 bits per heavy atom. The molecule has 1 fully saturated rings. The second kappa shape index (κ2) is 4.08. The van der Waals surface area contributed by atoms with Crippen LogP contribution in [0.15, 0.2) is 24.3 Å². The number of rotatable bonds is 2. The number of benzene rings is 1. The molecule has 0 aliphatic carbocycles. The van der Waals surface area contributed by atoms with Crippen LogP contribution < -0.4 is 5.01 Å². The van der Waals surface area contributed by atoms with E-state index >= 15 is 0 Å². The molecule has 17 heavy (non-hydrogen) atoms. The average molecular weight is 234 g/mol. The lowest BCUT2D eigenvalue weighted by Crippen LogP contribution is -2.39. The van der Waals surface area contributed by atoms with Gasteiger partial charge in [-0.3, -0.25) is 14.8 Å². The van der Waals surface area contributed by atoms with Gasteiger partial charge in [-0.25, -0.2) is 4.79 Å². The Kier molecular flexibility index (Phi) is 2.75. The van der Waals surface area contributed by atoms with Crippen molar-refractivity contribution in [2.45, 2.75) is 19.4 Å². The molecule has 0 saturated carbocycles. The maximum Gasteiger partial charge on any atom is 0.337 e.